The van der Waals surface area contributed by atoms with Crippen LogP contribution < -0.4 is 10.2 Å². The molecule has 3 N–H and O–H groups in total. The average Bonchev–Trinajstić information content (AvgIpc) is 2.93. The van der Waals surface area contributed by atoms with Crippen LogP contribution in [0.1, 0.15) is 117 Å². The number of hydrogen-bond acceptors (Lipinski definition) is 8. The molecule has 0 aliphatic carbocycles. The Labute approximate surface area is 279 Å². The van der Waals surface area contributed by atoms with Gasteiger partial charge in [-0.25, -0.2) is 0 Å². The lowest BCUT2D eigenvalue weighted by atomic mass is 9.80. The maximum absolute atomic E-state index is 11.5. The summed E-state index contributed by atoms with van der Waals surface area (Å²) in [7, 11) is 0. The number of rotatable bonds is 9. The largest absolute Gasteiger partial charge is 0.508 e. The molecule has 0 amide bonds. The first-order valence-electron chi connectivity index (χ1n) is 16.2. The van der Waals surface area contributed by atoms with Crippen LogP contribution in [0, 0.1) is 0 Å². The van der Waals surface area contributed by atoms with Crippen LogP contribution in [-0.4, -0.2) is 58.3 Å². The van der Waals surface area contributed by atoms with Crippen LogP contribution in [0.2, 0.25) is 0 Å². The standard InChI is InChI=1S/C18H27NO3.C12H17NO.C6H11BrO2/c1-5-22-17(21)7-6-10-19-16-11-14(20)8-9-15(16)13(2)12-18(19,3)4;1-8-7-12(2,3)13-11-6-9(14)4-5-10(8)11;1-2-9-6(8)4-3-5-7/h8-9,11,13,20H,5-7,10,12H2,1-4H3;4-6,8,13-14H,7H2,1-3H3;2-5H2,1H3. The van der Waals surface area contributed by atoms with E-state index in [9.17, 15) is 19.8 Å². The third-order valence-corrected chi connectivity index (χ3v) is 8.68. The number of nitrogens with one attached hydrogen (secondary N) is 1. The lowest BCUT2D eigenvalue weighted by Crippen LogP contribution is -2.48. The van der Waals surface area contributed by atoms with Crippen LogP contribution in [0.15, 0.2) is 36.4 Å². The summed E-state index contributed by atoms with van der Waals surface area (Å²) >= 11 is 3.22. The topological polar surface area (TPSA) is 108 Å². The number of carbonyl (C=O) groups is 2. The third kappa shape index (κ3) is 12.1. The summed E-state index contributed by atoms with van der Waals surface area (Å²) in [6.07, 6.45) is 4.77. The van der Waals surface area contributed by atoms with Gasteiger partial charge in [-0.2, -0.15) is 0 Å². The molecule has 0 radical (unpaired) electrons. The van der Waals surface area contributed by atoms with Crippen molar-refractivity contribution in [3.8, 4) is 11.5 Å². The van der Waals surface area contributed by atoms with E-state index in [4.69, 9.17) is 4.74 Å². The lowest BCUT2D eigenvalue weighted by molar-refractivity contribution is -0.144. The van der Waals surface area contributed by atoms with E-state index in [0.717, 1.165) is 48.9 Å². The zero-order valence-electron chi connectivity index (χ0n) is 28.5. The van der Waals surface area contributed by atoms with Gasteiger partial charge in [-0.15, -0.1) is 0 Å². The molecule has 252 valence electrons. The van der Waals surface area contributed by atoms with Crippen molar-refractivity contribution in [1.82, 2.24) is 0 Å². The maximum Gasteiger partial charge on any atom is 0.305 e. The molecule has 0 saturated heterocycles. The Balaban J connectivity index is 0.000000262. The summed E-state index contributed by atoms with van der Waals surface area (Å²) in [6.45, 7) is 18.6. The Hall–Kier alpha value is -2.94. The molecule has 0 aromatic heterocycles. The molecular weight excluding hydrogens is 636 g/mol. The minimum absolute atomic E-state index is 0.00880. The molecule has 0 saturated carbocycles. The van der Waals surface area contributed by atoms with Crippen LogP contribution in [0.5, 0.6) is 11.5 Å². The van der Waals surface area contributed by atoms with Crippen molar-refractivity contribution in [2.24, 2.45) is 0 Å². The highest BCUT2D eigenvalue weighted by molar-refractivity contribution is 9.09. The van der Waals surface area contributed by atoms with Gasteiger partial charge in [-0.1, -0.05) is 41.9 Å². The molecule has 2 heterocycles. The zero-order chi connectivity index (χ0) is 33.8. The number of aromatic hydroxyl groups is 2. The van der Waals surface area contributed by atoms with E-state index in [0.29, 0.717) is 49.4 Å². The fourth-order valence-corrected chi connectivity index (χ4v) is 6.61. The van der Waals surface area contributed by atoms with E-state index in [1.165, 1.54) is 11.1 Å². The molecule has 2 aromatic rings. The summed E-state index contributed by atoms with van der Waals surface area (Å²) in [6, 6.07) is 11.2. The van der Waals surface area contributed by atoms with Gasteiger partial charge in [-0.05, 0) is 102 Å². The van der Waals surface area contributed by atoms with Crippen LogP contribution in [0.4, 0.5) is 11.4 Å². The van der Waals surface area contributed by atoms with Gasteiger partial charge in [0.1, 0.15) is 11.5 Å². The van der Waals surface area contributed by atoms with Crippen molar-refractivity contribution in [2.45, 2.75) is 117 Å². The number of phenols is 2. The molecule has 9 heteroatoms. The molecular formula is C36H55BrN2O6. The van der Waals surface area contributed by atoms with Gasteiger partial charge in [0, 0.05) is 59.3 Å². The van der Waals surface area contributed by atoms with Gasteiger partial charge >= 0.3 is 11.9 Å². The Kier molecular flexibility index (Phi) is 15.0. The number of nitrogens with zero attached hydrogens (tertiary/aromatic N) is 1. The number of hydrogen-bond donors (Lipinski definition) is 3. The molecule has 0 bridgehead atoms. The van der Waals surface area contributed by atoms with Gasteiger partial charge in [-0.3, -0.25) is 9.59 Å². The SMILES string of the molecule is CC1CC(C)(C)Nc2cc(O)ccc21.CCOC(=O)CCCBr.CCOC(=O)CCCN1c2cc(O)ccc2C(C)CC1(C)C. The number of esters is 2. The van der Waals surface area contributed by atoms with Crippen LogP contribution >= 0.6 is 15.9 Å². The fraction of sp³-hybridized carbons (Fsp3) is 0.611. The summed E-state index contributed by atoms with van der Waals surface area (Å²) < 4.78 is 9.68. The number of phenolic OH excluding ortho intramolecular Hbond substituents is 2. The van der Waals surface area contributed by atoms with E-state index in [1.807, 2.05) is 38.1 Å². The predicted octanol–water partition coefficient (Wildman–Crippen LogP) is 8.64. The second-order valence-electron chi connectivity index (χ2n) is 13.2. The Bertz CT molecular complexity index is 1250. The summed E-state index contributed by atoms with van der Waals surface area (Å²) in [5.41, 5.74) is 4.88. The summed E-state index contributed by atoms with van der Waals surface area (Å²) in [5, 5.41) is 23.6. The second-order valence-corrected chi connectivity index (χ2v) is 14.0. The van der Waals surface area contributed by atoms with E-state index < -0.39 is 0 Å². The highest BCUT2D eigenvalue weighted by Gasteiger charge is 2.36. The zero-order valence-corrected chi connectivity index (χ0v) is 30.1. The Morgan fingerprint density at radius 1 is 0.867 bits per heavy atom. The van der Waals surface area contributed by atoms with E-state index >= 15 is 0 Å². The van der Waals surface area contributed by atoms with Gasteiger partial charge in [0.05, 0.1) is 13.2 Å². The van der Waals surface area contributed by atoms with Crippen molar-refractivity contribution in [3.05, 3.63) is 47.5 Å². The van der Waals surface area contributed by atoms with Crippen molar-refractivity contribution in [1.29, 1.82) is 0 Å². The highest BCUT2D eigenvalue weighted by atomic mass is 79.9. The van der Waals surface area contributed by atoms with Crippen LogP contribution in [0.25, 0.3) is 0 Å². The minimum atomic E-state index is -0.137. The number of anilines is 2. The molecule has 2 aliphatic heterocycles. The van der Waals surface area contributed by atoms with Crippen LogP contribution in [-0.2, 0) is 19.1 Å². The van der Waals surface area contributed by atoms with Crippen molar-refractivity contribution < 1.29 is 29.3 Å². The smallest absolute Gasteiger partial charge is 0.305 e. The number of benzene rings is 2. The van der Waals surface area contributed by atoms with Crippen molar-refractivity contribution in [3.63, 3.8) is 0 Å². The van der Waals surface area contributed by atoms with Gasteiger partial charge < -0.3 is 29.9 Å². The number of alkyl halides is 1. The molecule has 2 atom stereocenters. The fourth-order valence-electron chi connectivity index (χ4n) is 6.33. The van der Waals surface area contributed by atoms with E-state index in [2.05, 4.69) is 72.4 Å². The monoisotopic (exact) mass is 690 g/mol. The highest BCUT2D eigenvalue weighted by Crippen LogP contribution is 2.44. The van der Waals surface area contributed by atoms with E-state index in [-0.39, 0.29) is 23.0 Å². The number of fused-ring (bicyclic) bond motifs is 2. The quantitative estimate of drug-likeness (QED) is 0.177. The minimum Gasteiger partial charge on any atom is -0.508 e. The molecule has 0 spiro atoms. The van der Waals surface area contributed by atoms with E-state index in [1.54, 1.807) is 12.1 Å². The normalized spacial score (nSPS) is 18.8. The number of ether oxygens (including phenoxy) is 2. The summed E-state index contributed by atoms with van der Waals surface area (Å²) in [4.78, 5) is 24.4. The molecule has 2 aromatic carbocycles. The maximum atomic E-state index is 11.5. The first-order valence-corrected chi connectivity index (χ1v) is 17.3. The second kappa shape index (κ2) is 17.7. The van der Waals surface area contributed by atoms with Crippen molar-refractivity contribution >= 4 is 39.2 Å². The number of carbonyl (C=O) groups excluding carboxylic acids is 2. The van der Waals surface area contributed by atoms with Crippen LogP contribution in [0.3, 0.4) is 0 Å². The third-order valence-electron chi connectivity index (χ3n) is 8.12. The lowest BCUT2D eigenvalue weighted by Gasteiger charge is -2.47. The van der Waals surface area contributed by atoms with Gasteiger partial charge in [0.2, 0.25) is 0 Å². The Morgan fingerprint density at radius 3 is 1.98 bits per heavy atom. The van der Waals surface area contributed by atoms with Crippen molar-refractivity contribution in [2.75, 3.05) is 35.3 Å². The average molecular weight is 692 g/mol. The Morgan fingerprint density at radius 2 is 1.40 bits per heavy atom. The molecule has 2 unspecified atom stereocenters. The summed E-state index contributed by atoms with van der Waals surface area (Å²) in [5.74, 6) is 1.41. The molecule has 2 aliphatic rings. The first kappa shape index (κ1) is 38.2. The first-order chi connectivity index (χ1) is 21.1. The van der Waals surface area contributed by atoms with Gasteiger partial charge in [0.15, 0.2) is 0 Å². The predicted molar refractivity (Wildman–Crippen MR) is 187 cm³/mol. The molecule has 0 fully saturated rings. The molecule has 4 rings (SSSR count). The molecule has 8 nitrogen and oxygen atoms in total. The molecule has 45 heavy (non-hydrogen) atoms. The number of halogens is 1. The van der Waals surface area contributed by atoms with Gasteiger partial charge in [0.25, 0.3) is 0 Å².